The smallest absolute Gasteiger partial charge is 0.341 e. The molecular weight excluding hydrogens is 200 g/mol. The first kappa shape index (κ1) is 13.2. The fourth-order valence-electron chi connectivity index (χ4n) is 0.878. The van der Waals surface area contributed by atoms with Gasteiger partial charge in [-0.25, -0.2) is 4.79 Å². The molecule has 5 nitrogen and oxygen atoms in total. The molecule has 1 rings (SSSR count). The number of rotatable bonds is 4. The van der Waals surface area contributed by atoms with Crippen LogP contribution in [0.5, 0.6) is 11.5 Å². The molecule has 0 heterocycles. The molecule has 84 valence electrons. The van der Waals surface area contributed by atoms with Crippen molar-refractivity contribution in [3.63, 3.8) is 0 Å². The Labute approximate surface area is 87.9 Å². The third-order valence-electron chi connectivity index (χ3n) is 1.42. The van der Waals surface area contributed by atoms with E-state index in [2.05, 4.69) is 0 Å². The van der Waals surface area contributed by atoms with Crippen molar-refractivity contribution in [3.8, 4) is 11.5 Å². The summed E-state index contributed by atoms with van der Waals surface area (Å²) in [5.74, 6) is -0.0398. The fourth-order valence-corrected chi connectivity index (χ4v) is 0.878. The van der Waals surface area contributed by atoms with E-state index in [1.165, 1.54) is 7.11 Å². The second-order valence-electron chi connectivity index (χ2n) is 2.33. The number of benzene rings is 1. The number of methoxy groups -OCH3 is 1. The minimum atomic E-state index is -1.01. The van der Waals surface area contributed by atoms with E-state index in [1.54, 1.807) is 24.3 Å². The van der Waals surface area contributed by atoms with Crippen molar-refractivity contribution in [2.75, 3.05) is 20.8 Å². The second-order valence-corrected chi connectivity index (χ2v) is 2.33. The molecule has 0 aliphatic heterocycles. The van der Waals surface area contributed by atoms with Crippen LogP contribution in [0, 0.1) is 0 Å². The Hall–Kier alpha value is -1.75. The summed E-state index contributed by atoms with van der Waals surface area (Å²) in [6, 6.07) is 6.89. The van der Waals surface area contributed by atoms with Gasteiger partial charge in [-0.1, -0.05) is 12.1 Å². The maximum Gasteiger partial charge on any atom is 0.341 e. The van der Waals surface area contributed by atoms with E-state index < -0.39 is 5.97 Å². The van der Waals surface area contributed by atoms with Gasteiger partial charge in [-0.15, -0.1) is 0 Å². The van der Waals surface area contributed by atoms with Gasteiger partial charge in [-0.3, -0.25) is 0 Å². The van der Waals surface area contributed by atoms with Crippen molar-refractivity contribution < 1.29 is 24.5 Å². The number of aliphatic hydroxyl groups is 1. The van der Waals surface area contributed by atoms with Gasteiger partial charge in [0.25, 0.3) is 0 Å². The molecule has 0 spiro atoms. The lowest BCUT2D eigenvalue weighted by atomic mass is 10.3. The van der Waals surface area contributed by atoms with Crippen LogP contribution in [0.25, 0.3) is 0 Å². The molecule has 1 aromatic rings. The van der Waals surface area contributed by atoms with Crippen LogP contribution in [0.3, 0.4) is 0 Å². The molecule has 0 amide bonds. The Morgan fingerprint density at radius 3 is 2.27 bits per heavy atom. The van der Waals surface area contributed by atoms with E-state index >= 15 is 0 Å². The summed E-state index contributed by atoms with van der Waals surface area (Å²) in [5, 5.41) is 15.4. The lowest BCUT2D eigenvalue weighted by Crippen LogP contribution is -2.09. The molecule has 0 unspecified atom stereocenters. The van der Waals surface area contributed by atoms with Gasteiger partial charge in [0.1, 0.15) is 0 Å². The molecule has 0 atom stereocenters. The van der Waals surface area contributed by atoms with Gasteiger partial charge in [-0.2, -0.15) is 0 Å². The summed E-state index contributed by atoms with van der Waals surface area (Å²) < 4.78 is 9.92. The topological polar surface area (TPSA) is 76.0 Å². The maximum absolute atomic E-state index is 10.2. The Kier molecular flexibility index (Phi) is 6.74. The third kappa shape index (κ3) is 4.87. The Balaban J connectivity index is 0.000000921. The van der Waals surface area contributed by atoms with E-state index in [-0.39, 0.29) is 6.61 Å². The first-order valence-corrected chi connectivity index (χ1v) is 4.16. The minimum absolute atomic E-state index is 0.361. The molecular formula is C10H14O5. The molecule has 0 saturated carbocycles. The van der Waals surface area contributed by atoms with Gasteiger partial charge < -0.3 is 19.7 Å². The number of ether oxygens (including phenoxy) is 2. The average Bonchev–Trinajstić information content (AvgIpc) is 2.29. The van der Waals surface area contributed by atoms with E-state index in [0.717, 1.165) is 7.11 Å². The van der Waals surface area contributed by atoms with E-state index in [0.29, 0.717) is 11.5 Å². The highest BCUT2D eigenvalue weighted by atomic mass is 16.5. The van der Waals surface area contributed by atoms with Crippen LogP contribution in [0.2, 0.25) is 0 Å². The van der Waals surface area contributed by atoms with Gasteiger partial charge in [0.05, 0.1) is 7.11 Å². The first-order chi connectivity index (χ1) is 7.24. The van der Waals surface area contributed by atoms with Gasteiger partial charge in [0, 0.05) is 7.11 Å². The predicted octanol–water partition coefficient (Wildman–Crippen LogP) is 0.767. The summed E-state index contributed by atoms with van der Waals surface area (Å²) in [6.07, 6.45) is 0. The zero-order valence-corrected chi connectivity index (χ0v) is 8.64. The number of carboxylic acid groups (broad SMARTS) is 1. The summed E-state index contributed by atoms with van der Waals surface area (Å²) in [4.78, 5) is 10.2. The summed E-state index contributed by atoms with van der Waals surface area (Å²) in [6.45, 7) is -0.361. The monoisotopic (exact) mass is 214 g/mol. The van der Waals surface area contributed by atoms with Crippen LogP contribution in [0.4, 0.5) is 0 Å². The molecule has 5 heteroatoms. The number of para-hydroxylation sites is 2. The molecule has 0 fully saturated rings. The highest BCUT2D eigenvalue weighted by molar-refractivity contribution is 5.68. The predicted molar refractivity (Wildman–Crippen MR) is 54.3 cm³/mol. The fraction of sp³-hybridized carbons (Fsp3) is 0.300. The van der Waals surface area contributed by atoms with Crippen molar-refractivity contribution in [1.82, 2.24) is 0 Å². The molecule has 15 heavy (non-hydrogen) atoms. The van der Waals surface area contributed by atoms with Crippen LogP contribution in [-0.2, 0) is 4.79 Å². The molecule has 1 aromatic carbocycles. The number of aliphatic hydroxyl groups excluding tert-OH is 1. The number of aliphatic carboxylic acids is 1. The highest BCUT2D eigenvalue weighted by Crippen LogP contribution is 2.25. The average molecular weight is 214 g/mol. The van der Waals surface area contributed by atoms with Crippen molar-refractivity contribution in [1.29, 1.82) is 0 Å². The SMILES string of the molecule is CO.COc1ccccc1OCC(=O)O. The van der Waals surface area contributed by atoms with E-state index in [1.807, 2.05) is 0 Å². The molecule has 0 aliphatic rings. The third-order valence-corrected chi connectivity index (χ3v) is 1.42. The van der Waals surface area contributed by atoms with Crippen molar-refractivity contribution in [2.45, 2.75) is 0 Å². The summed E-state index contributed by atoms with van der Waals surface area (Å²) in [5.41, 5.74) is 0. The summed E-state index contributed by atoms with van der Waals surface area (Å²) >= 11 is 0. The lowest BCUT2D eigenvalue weighted by molar-refractivity contribution is -0.139. The zero-order chi connectivity index (χ0) is 11.7. The van der Waals surface area contributed by atoms with Gasteiger partial charge in [0.2, 0.25) is 0 Å². The van der Waals surface area contributed by atoms with Gasteiger partial charge in [0.15, 0.2) is 18.1 Å². The van der Waals surface area contributed by atoms with Gasteiger partial charge >= 0.3 is 5.97 Å². The van der Waals surface area contributed by atoms with Crippen LogP contribution in [-0.4, -0.2) is 37.0 Å². The van der Waals surface area contributed by atoms with Gasteiger partial charge in [-0.05, 0) is 12.1 Å². The molecule has 0 bridgehead atoms. The molecule has 0 radical (unpaired) electrons. The van der Waals surface area contributed by atoms with Crippen molar-refractivity contribution >= 4 is 5.97 Å². The van der Waals surface area contributed by atoms with Crippen LogP contribution in [0.15, 0.2) is 24.3 Å². The van der Waals surface area contributed by atoms with Crippen molar-refractivity contribution in [3.05, 3.63) is 24.3 Å². The molecule has 0 aliphatic carbocycles. The summed E-state index contributed by atoms with van der Waals surface area (Å²) in [7, 11) is 2.50. The van der Waals surface area contributed by atoms with Crippen LogP contribution < -0.4 is 9.47 Å². The Morgan fingerprint density at radius 2 is 1.80 bits per heavy atom. The Morgan fingerprint density at radius 1 is 1.27 bits per heavy atom. The number of carboxylic acids is 1. The number of hydrogen-bond acceptors (Lipinski definition) is 4. The van der Waals surface area contributed by atoms with E-state index in [4.69, 9.17) is 19.7 Å². The largest absolute Gasteiger partial charge is 0.493 e. The van der Waals surface area contributed by atoms with Crippen molar-refractivity contribution in [2.24, 2.45) is 0 Å². The van der Waals surface area contributed by atoms with Crippen LogP contribution >= 0.6 is 0 Å². The highest BCUT2D eigenvalue weighted by Gasteiger charge is 2.04. The molecule has 0 aromatic heterocycles. The number of carbonyl (C=O) groups is 1. The second kappa shape index (κ2) is 7.64. The molecule has 2 N–H and O–H groups in total. The number of hydrogen-bond donors (Lipinski definition) is 2. The first-order valence-electron chi connectivity index (χ1n) is 4.16. The lowest BCUT2D eigenvalue weighted by Gasteiger charge is -2.07. The quantitative estimate of drug-likeness (QED) is 0.774. The minimum Gasteiger partial charge on any atom is -0.493 e. The zero-order valence-electron chi connectivity index (χ0n) is 8.64. The van der Waals surface area contributed by atoms with Crippen LogP contribution in [0.1, 0.15) is 0 Å². The van der Waals surface area contributed by atoms with E-state index in [9.17, 15) is 4.79 Å². The maximum atomic E-state index is 10.2. The molecule has 0 saturated heterocycles. The Bertz CT molecular complexity index is 298. The standard InChI is InChI=1S/C9H10O4.CH4O/c1-12-7-4-2-3-5-8(7)13-6-9(10)11;1-2/h2-5H,6H2,1H3,(H,10,11);2H,1H3. The normalized spacial score (nSPS) is 8.47.